The molecule has 3 N–H and O–H groups in total. The second kappa shape index (κ2) is 9.48. The lowest BCUT2D eigenvalue weighted by Gasteiger charge is -2.07. The maximum Gasteiger partial charge on any atom is 0.319 e. The molecule has 150 valence electrons. The van der Waals surface area contributed by atoms with Crippen molar-refractivity contribution in [1.82, 2.24) is 15.5 Å². The highest BCUT2D eigenvalue weighted by Gasteiger charge is 2.14. The molecule has 0 aliphatic carbocycles. The first-order valence-electron chi connectivity index (χ1n) is 8.53. The zero-order valence-electron chi connectivity index (χ0n) is 15.7. The van der Waals surface area contributed by atoms with E-state index >= 15 is 0 Å². The number of amides is 3. The Morgan fingerprint density at radius 3 is 2.48 bits per heavy atom. The van der Waals surface area contributed by atoms with Crippen LogP contribution in [0.2, 0.25) is 0 Å². The van der Waals surface area contributed by atoms with E-state index in [1.54, 1.807) is 37.4 Å². The molecule has 0 aliphatic rings. The van der Waals surface area contributed by atoms with Crippen molar-refractivity contribution in [3.8, 4) is 5.75 Å². The van der Waals surface area contributed by atoms with Crippen LogP contribution in [0.5, 0.6) is 5.75 Å². The lowest BCUT2D eigenvalue weighted by atomic mass is 10.2. The van der Waals surface area contributed by atoms with Crippen molar-refractivity contribution >= 4 is 50.6 Å². The SMILES string of the molecule is COc1ccc(NC(=O)c2nnc(CNC(=O)Nc3ccc(Br)c(C)c3)s2)cc1. The minimum absolute atomic E-state index is 0.162. The quantitative estimate of drug-likeness (QED) is 0.495. The minimum atomic E-state index is -0.369. The number of carbonyl (C=O) groups is 2. The number of anilines is 2. The summed E-state index contributed by atoms with van der Waals surface area (Å²) >= 11 is 4.53. The van der Waals surface area contributed by atoms with Crippen molar-refractivity contribution in [2.24, 2.45) is 0 Å². The average molecular weight is 476 g/mol. The van der Waals surface area contributed by atoms with E-state index in [9.17, 15) is 9.59 Å². The number of hydrogen-bond acceptors (Lipinski definition) is 6. The van der Waals surface area contributed by atoms with Gasteiger partial charge in [-0.15, -0.1) is 10.2 Å². The average Bonchev–Trinajstić information content (AvgIpc) is 3.19. The third-order valence-corrected chi connectivity index (χ3v) is 5.64. The lowest BCUT2D eigenvalue weighted by molar-refractivity contribution is 0.102. The third-order valence-electron chi connectivity index (χ3n) is 3.82. The summed E-state index contributed by atoms with van der Waals surface area (Å²) in [6.07, 6.45) is 0. The molecule has 0 bridgehead atoms. The molecule has 0 radical (unpaired) electrons. The molecule has 3 aromatic rings. The van der Waals surface area contributed by atoms with Crippen LogP contribution in [0.4, 0.5) is 16.2 Å². The summed E-state index contributed by atoms with van der Waals surface area (Å²) in [5.41, 5.74) is 2.31. The van der Waals surface area contributed by atoms with Gasteiger partial charge in [0.2, 0.25) is 5.01 Å². The monoisotopic (exact) mass is 475 g/mol. The fraction of sp³-hybridized carbons (Fsp3) is 0.158. The summed E-state index contributed by atoms with van der Waals surface area (Å²) < 4.78 is 6.05. The van der Waals surface area contributed by atoms with Gasteiger partial charge in [-0.2, -0.15) is 0 Å². The number of aryl methyl sites for hydroxylation is 1. The summed E-state index contributed by atoms with van der Waals surface area (Å²) in [5, 5.41) is 16.7. The standard InChI is InChI=1S/C19H18BrN5O3S/c1-11-9-13(5-8-15(11)20)23-19(27)21-10-16-24-25-18(29-16)17(26)22-12-3-6-14(28-2)7-4-12/h3-9H,10H2,1-2H3,(H,22,26)(H2,21,23,27). The van der Waals surface area contributed by atoms with Gasteiger partial charge in [0.25, 0.3) is 5.91 Å². The van der Waals surface area contributed by atoms with E-state index in [-0.39, 0.29) is 23.5 Å². The molecule has 0 saturated carbocycles. The van der Waals surface area contributed by atoms with Crippen LogP contribution in [0.1, 0.15) is 20.4 Å². The molecular formula is C19H18BrN5O3S. The van der Waals surface area contributed by atoms with Crippen molar-refractivity contribution in [3.63, 3.8) is 0 Å². The van der Waals surface area contributed by atoms with Crippen molar-refractivity contribution in [2.45, 2.75) is 13.5 Å². The third kappa shape index (κ3) is 5.75. The summed E-state index contributed by atoms with van der Waals surface area (Å²) in [6, 6.07) is 12.1. The number of halogens is 1. The summed E-state index contributed by atoms with van der Waals surface area (Å²) in [7, 11) is 1.57. The van der Waals surface area contributed by atoms with E-state index in [4.69, 9.17) is 4.74 Å². The van der Waals surface area contributed by atoms with E-state index in [0.29, 0.717) is 22.1 Å². The van der Waals surface area contributed by atoms with Gasteiger partial charge in [0.05, 0.1) is 13.7 Å². The predicted octanol–water partition coefficient (Wildman–Crippen LogP) is 4.19. The number of nitrogens with one attached hydrogen (secondary N) is 3. The van der Waals surface area contributed by atoms with Crippen molar-refractivity contribution in [2.75, 3.05) is 17.7 Å². The van der Waals surface area contributed by atoms with Gasteiger partial charge in [0.15, 0.2) is 0 Å². The van der Waals surface area contributed by atoms with E-state index in [1.807, 2.05) is 19.1 Å². The highest BCUT2D eigenvalue weighted by molar-refractivity contribution is 9.10. The van der Waals surface area contributed by atoms with Gasteiger partial charge in [-0.3, -0.25) is 4.79 Å². The van der Waals surface area contributed by atoms with Crippen molar-refractivity contribution in [3.05, 3.63) is 62.5 Å². The Morgan fingerprint density at radius 1 is 1.07 bits per heavy atom. The maximum absolute atomic E-state index is 12.3. The number of nitrogens with zero attached hydrogens (tertiary/aromatic N) is 2. The van der Waals surface area contributed by atoms with Crippen molar-refractivity contribution < 1.29 is 14.3 Å². The second-order valence-electron chi connectivity index (χ2n) is 5.96. The van der Waals surface area contributed by atoms with Gasteiger partial charge >= 0.3 is 6.03 Å². The molecule has 0 saturated heterocycles. The van der Waals surface area contributed by atoms with Gasteiger partial charge in [-0.25, -0.2) is 4.79 Å². The summed E-state index contributed by atoms with van der Waals surface area (Å²) in [6.45, 7) is 2.10. The summed E-state index contributed by atoms with van der Waals surface area (Å²) in [5.74, 6) is 0.331. The van der Waals surface area contributed by atoms with Crippen LogP contribution in [0.15, 0.2) is 46.9 Å². The molecule has 0 spiro atoms. The van der Waals surface area contributed by atoms with Gasteiger partial charge in [-0.05, 0) is 55.0 Å². The van der Waals surface area contributed by atoms with E-state index in [2.05, 4.69) is 42.1 Å². The largest absolute Gasteiger partial charge is 0.497 e. The molecule has 1 aromatic heterocycles. The maximum atomic E-state index is 12.3. The highest BCUT2D eigenvalue weighted by atomic mass is 79.9. The molecule has 3 rings (SSSR count). The van der Waals surface area contributed by atoms with Crippen molar-refractivity contribution in [1.29, 1.82) is 0 Å². The lowest BCUT2D eigenvalue weighted by Crippen LogP contribution is -2.28. The first-order valence-corrected chi connectivity index (χ1v) is 10.1. The molecule has 0 aliphatic heterocycles. The molecule has 0 atom stereocenters. The number of rotatable bonds is 6. The Bertz CT molecular complexity index is 1020. The fourth-order valence-corrected chi connectivity index (χ4v) is 3.25. The van der Waals surface area contributed by atoms with Crippen LogP contribution in [0.3, 0.4) is 0 Å². The number of urea groups is 1. The van der Waals surface area contributed by atoms with Crippen LogP contribution >= 0.6 is 27.3 Å². The predicted molar refractivity (Wildman–Crippen MR) is 116 cm³/mol. The number of ether oxygens (including phenoxy) is 1. The number of hydrogen-bond donors (Lipinski definition) is 3. The molecule has 2 aromatic carbocycles. The Kier molecular flexibility index (Phi) is 6.78. The molecular weight excluding hydrogens is 458 g/mol. The van der Waals surface area contributed by atoms with Gasteiger partial charge < -0.3 is 20.7 Å². The Morgan fingerprint density at radius 2 is 1.79 bits per heavy atom. The van der Waals surface area contributed by atoms with Crippen LogP contribution in [-0.4, -0.2) is 29.2 Å². The van der Waals surface area contributed by atoms with Crippen LogP contribution in [0.25, 0.3) is 0 Å². The van der Waals surface area contributed by atoms with E-state index in [1.165, 1.54) is 0 Å². The molecule has 29 heavy (non-hydrogen) atoms. The first-order chi connectivity index (χ1) is 13.9. The molecule has 0 fully saturated rings. The second-order valence-corrected chi connectivity index (χ2v) is 7.87. The molecule has 1 heterocycles. The Labute approximate surface area is 179 Å². The van der Waals surface area contributed by atoms with Gasteiger partial charge in [0, 0.05) is 15.8 Å². The zero-order valence-corrected chi connectivity index (χ0v) is 18.1. The first kappa shape index (κ1) is 20.7. The molecule has 0 unspecified atom stereocenters. The van der Waals surface area contributed by atoms with Crippen LogP contribution in [0, 0.1) is 6.92 Å². The Hall–Kier alpha value is -2.98. The molecule has 3 amide bonds. The number of benzene rings is 2. The smallest absolute Gasteiger partial charge is 0.319 e. The number of aromatic nitrogens is 2. The van der Waals surface area contributed by atoms with E-state index in [0.717, 1.165) is 21.4 Å². The van der Waals surface area contributed by atoms with Gasteiger partial charge in [-0.1, -0.05) is 27.3 Å². The minimum Gasteiger partial charge on any atom is -0.497 e. The zero-order chi connectivity index (χ0) is 20.8. The normalized spacial score (nSPS) is 10.3. The van der Waals surface area contributed by atoms with Crippen LogP contribution in [-0.2, 0) is 6.54 Å². The summed E-state index contributed by atoms with van der Waals surface area (Å²) in [4.78, 5) is 24.3. The number of carbonyl (C=O) groups excluding carboxylic acids is 2. The van der Waals surface area contributed by atoms with Gasteiger partial charge in [0.1, 0.15) is 10.8 Å². The Balaban J connectivity index is 1.51. The number of methoxy groups -OCH3 is 1. The topological polar surface area (TPSA) is 105 Å². The van der Waals surface area contributed by atoms with Crippen LogP contribution < -0.4 is 20.7 Å². The molecule has 10 heteroatoms. The van der Waals surface area contributed by atoms with E-state index < -0.39 is 0 Å². The highest BCUT2D eigenvalue weighted by Crippen LogP contribution is 2.20. The fourth-order valence-electron chi connectivity index (χ4n) is 2.33. The molecule has 8 nitrogen and oxygen atoms in total.